The largest absolute Gasteiger partial charge is 0.378 e. The Morgan fingerprint density at radius 1 is 1.28 bits per heavy atom. The summed E-state index contributed by atoms with van der Waals surface area (Å²) in [6.45, 7) is 17.1. The second-order valence-corrected chi connectivity index (χ2v) is 10.3. The van der Waals surface area contributed by atoms with Crippen LogP contribution in [0.2, 0.25) is 0 Å². The molecule has 0 bridgehead atoms. The SMILES string of the molecule is C=N/C=C(\C=C1\C=CCNC1)c1nc(N2CCOCC2)c2sc(/C(C)=C/CC/C(C)=C\C)c(C)c2n1. The molecule has 0 amide bonds. The van der Waals surface area contributed by atoms with Crippen molar-refractivity contribution in [2.75, 3.05) is 44.3 Å². The number of aliphatic imine (C=N–C) groups is 1. The lowest BCUT2D eigenvalue weighted by Crippen LogP contribution is -2.37. The molecule has 2 aliphatic heterocycles. The van der Waals surface area contributed by atoms with Crippen molar-refractivity contribution in [3.63, 3.8) is 0 Å². The topological polar surface area (TPSA) is 62.6 Å². The van der Waals surface area contributed by atoms with Crippen molar-refractivity contribution in [3.8, 4) is 0 Å². The number of thiophene rings is 1. The van der Waals surface area contributed by atoms with Gasteiger partial charge in [-0.3, -0.25) is 4.99 Å². The predicted molar refractivity (Wildman–Crippen MR) is 155 cm³/mol. The van der Waals surface area contributed by atoms with Crippen molar-refractivity contribution in [2.24, 2.45) is 4.99 Å². The third-order valence-electron chi connectivity index (χ3n) is 6.65. The molecule has 2 aromatic rings. The smallest absolute Gasteiger partial charge is 0.163 e. The molecule has 1 N–H and O–H groups in total. The molecule has 36 heavy (non-hydrogen) atoms. The van der Waals surface area contributed by atoms with Crippen LogP contribution < -0.4 is 10.2 Å². The maximum absolute atomic E-state index is 5.64. The molecule has 2 aromatic heterocycles. The van der Waals surface area contributed by atoms with E-state index in [4.69, 9.17) is 14.7 Å². The molecule has 4 heterocycles. The highest BCUT2D eigenvalue weighted by Gasteiger charge is 2.23. The summed E-state index contributed by atoms with van der Waals surface area (Å²) in [5.74, 6) is 1.67. The number of anilines is 1. The molecule has 0 unspecified atom stereocenters. The van der Waals surface area contributed by atoms with E-state index in [0.29, 0.717) is 19.0 Å². The van der Waals surface area contributed by atoms with E-state index in [-0.39, 0.29) is 0 Å². The molecule has 2 aliphatic rings. The molecule has 0 radical (unpaired) electrons. The van der Waals surface area contributed by atoms with Crippen molar-refractivity contribution in [3.05, 3.63) is 64.0 Å². The van der Waals surface area contributed by atoms with Crippen molar-refractivity contribution >= 4 is 45.2 Å². The summed E-state index contributed by atoms with van der Waals surface area (Å²) in [5, 5.41) is 3.38. The molecule has 1 saturated heterocycles. The molecule has 7 heteroatoms. The summed E-state index contributed by atoms with van der Waals surface area (Å²) >= 11 is 1.80. The number of hydrogen-bond donors (Lipinski definition) is 1. The van der Waals surface area contributed by atoms with E-state index in [1.54, 1.807) is 17.5 Å². The molecule has 0 saturated carbocycles. The van der Waals surface area contributed by atoms with Crippen molar-refractivity contribution in [2.45, 2.75) is 40.5 Å². The van der Waals surface area contributed by atoms with E-state index in [0.717, 1.165) is 60.6 Å². The van der Waals surface area contributed by atoms with Crippen LogP contribution in [-0.4, -0.2) is 56.1 Å². The number of aryl methyl sites for hydroxylation is 1. The van der Waals surface area contributed by atoms with E-state index >= 15 is 0 Å². The number of hydrogen-bond acceptors (Lipinski definition) is 7. The Morgan fingerprint density at radius 2 is 2.08 bits per heavy atom. The zero-order valence-electron chi connectivity index (χ0n) is 21.9. The Balaban J connectivity index is 1.82. The average Bonchev–Trinajstić information content (AvgIpc) is 3.25. The number of ether oxygens (including phenoxy) is 1. The first-order valence-electron chi connectivity index (χ1n) is 12.7. The third-order valence-corrected chi connectivity index (χ3v) is 8.06. The van der Waals surface area contributed by atoms with Crippen LogP contribution in [0.15, 0.2) is 52.7 Å². The zero-order chi connectivity index (χ0) is 25.5. The Hall–Kier alpha value is -2.87. The lowest BCUT2D eigenvalue weighted by Gasteiger charge is -2.28. The van der Waals surface area contributed by atoms with Crippen molar-refractivity contribution in [1.29, 1.82) is 0 Å². The molecule has 1 fully saturated rings. The zero-order valence-corrected chi connectivity index (χ0v) is 22.7. The van der Waals surface area contributed by atoms with Gasteiger partial charge < -0.3 is 15.0 Å². The third kappa shape index (κ3) is 6.09. The van der Waals surface area contributed by atoms with Crippen LogP contribution in [0.5, 0.6) is 0 Å². The Morgan fingerprint density at radius 3 is 2.78 bits per heavy atom. The minimum atomic E-state index is 0.681. The molecular formula is C29H37N5OS. The van der Waals surface area contributed by atoms with E-state index in [1.807, 2.05) is 0 Å². The summed E-state index contributed by atoms with van der Waals surface area (Å²) in [6.07, 6.45) is 14.8. The Labute approximate surface area is 218 Å². The molecule has 0 atom stereocenters. The quantitative estimate of drug-likeness (QED) is 0.348. The van der Waals surface area contributed by atoms with Gasteiger partial charge in [0.2, 0.25) is 0 Å². The van der Waals surface area contributed by atoms with Gasteiger partial charge in [0, 0.05) is 42.8 Å². The Bertz CT molecular complexity index is 1260. The van der Waals surface area contributed by atoms with E-state index < -0.39 is 0 Å². The van der Waals surface area contributed by atoms with Gasteiger partial charge in [0.25, 0.3) is 0 Å². The Kier molecular flexibility index (Phi) is 9.02. The van der Waals surface area contributed by atoms with Crippen molar-refractivity contribution in [1.82, 2.24) is 15.3 Å². The van der Waals surface area contributed by atoms with E-state index in [9.17, 15) is 0 Å². The number of allylic oxidation sites excluding steroid dienone is 6. The maximum Gasteiger partial charge on any atom is 0.163 e. The summed E-state index contributed by atoms with van der Waals surface area (Å²) in [5.41, 5.74) is 6.99. The monoisotopic (exact) mass is 503 g/mol. The van der Waals surface area contributed by atoms with Gasteiger partial charge in [-0.25, -0.2) is 9.97 Å². The lowest BCUT2D eigenvalue weighted by atomic mass is 10.1. The van der Waals surface area contributed by atoms with Crippen LogP contribution in [0.4, 0.5) is 5.82 Å². The number of fused-ring (bicyclic) bond motifs is 1. The molecule has 4 rings (SSSR count). The minimum Gasteiger partial charge on any atom is -0.378 e. The number of nitrogens with one attached hydrogen (secondary N) is 1. The fourth-order valence-corrected chi connectivity index (χ4v) is 5.71. The van der Waals surface area contributed by atoms with Crippen LogP contribution in [0.1, 0.15) is 49.9 Å². The standard InChI is InChI=1S/C29H37N5OS/c1-6-20(2)9-7-10-21(3)26-22(4)25-27(36-26)29(34-13-15-35-16-14-34)33-28(32-25)24(19-30-5)17-23-11-8-12-31-18-23/h6,8,10-11,17,19,31H,5,7,9,12-16,18H2,1-4H3/b20-6-,21-10+,23-17-,24-19+. The maximum atomic E-state index is 5.64. The molecular weight excluding hydrogens is 466 g/mol. The van der Waals surface area contributed by atoms with Crippen LogP contribution in [0, 0.1) is 6.92 Å². The number of nitrogens with zero attached hydrogens (tertiary/aromatic N) is 4. The first-order chi connectivity index (χ1) is 17.5. The van der Waals surface area contributed by atoms with Gasteiger partial charge in [0.05, 0.1) is 23.4 Å². The second-order valence-electron chi connectivity index (χ2n) is 9.28. The fraction of sp³-hybridized carbons (Fsp3) is 0.414. The van der Waals surface area contributed by atoms with Gasteiger partial charge in [0.15, 0.2) is 11.6 Å². The van der Waals surface area contributed by atoms with Crippen LogP contribution >= 0.6 is 11.3 Å². The second kappa shape index (κ2) is 12.4. The highest BCUT2D eigenvalue weighted by Crippen LogP contribution is 2.40. The summed E-state index contributed by atoms with van der Waals surface area (Å²) in [4.78, 5) is 17.9. The molecule has 0 aliphatic carbocycles. The fourth-order valence-electron chi connectivity index (χ4n) is 4.45. The van der Waals surface area contributed by atoms with Gasteiger partial charge in [0.1, 0.15) is 0 Å². The first kappa shape index (κ1) is 26.2. The summed E-state index contributed by atoms with van der Waals surface area (Å²) < 4.78 is 6.78. The lowest BCUT2D eigenvalue weighted by molar-refractivity contribution is 0.122. The van der Waals surface area contributed by atoms with E-state index in [1.165, 1.54) is 27.2 Å². The summed E-state index contributed by atoms with van der Waals surface area (Å²) in [6, 6.07) is 0. The molecule has 190 valence electrons. The van der Waals surface area contributed by atoms with E-state index in [2.05, 4.69) is 80.0 Å². The summed E-state index contributed by atoms with van der Waals surface area (Å²) in [7, 11) is 0. The van der Waals surface area contributed by atoms with Crippen LogP contribution in [0.3, 0.4) is 0 Å². The van der Waals surface area contributed by atoms with Gasteiger partial charge in [-0.1, -0.05) is 29.9 Å². The van der Waals surface area contributed by atoms with Crippen LogP contribution in [0.25, 0.3) is 21.4 Å². The molecule has 6 nitrogen and oxygen atoms in total. The first-order valence-corrected chi connectivity index (χ1v) is 13.5. The highest BCUT2D eigenvalue weighted by atomic mass is 32.1. The van der Waals surface area contributed by atoms with Crippen molar-refractivity contribution < 1.29 is 4.74 Å². The van der Waals surface area contributed by atoms with Crippen LogP contribution in [-0.2, 0) is 4.74 Å². The highest BCUT2D eigenvalue weighted by molar-refractivity contribution is 7.20. The predicted octanol–water partition coefficient (Wildman–Crippen LogP) is 6.11. The van der Waals surface area contributed by atoms with Gasteiger partial charge in [-0.05, 0) is 70.0 Å². The van der Waals surface area contributed by atoms with Gasteiger partial charge in [-0.15, -0.1) is 11.3 Å². The average molecular weight is 504 g/mol. The number of rotatable bonds is 8. The molecule has 0 aromatic carbocycles. The van der Waals surface area contributed by atoms with Gasteiger partial charge >= 0.3 is 0 Å². The minimum absolute atomic E-state index is 0.681. The van der Waals surface area contributed by atoms with Gasteiger partial charge in [-0.2, -0.15) is 0 Å². The number of morpholine rings is 1. The normalized spacial score (nSPS) is 18.9. The molecule has 0 spiro atoms. The number of aromatic nitrogens is 2.